The minimum absolute atomic E-state index is 0.494. The van der Waals surface area contributed by atoms with Gasteiger partial charge in [0.1, 0.15) is 0 Å². The fourth-order valence-electron chi connectivity index (χ4n) is 1.24. The lowest BCUT2D eigenvalue weighted by Crippen LogP contribution is -2.38. The molecule has 1 aliphatic heterocycles. The van der Waals surface area contributed by atoms with Gasteiger partial charge in [0.15, 0.2) is 0 Å². The van der Waals surface area contributed by atoms with Gasteiger partial charge in [-0.3, -0.25) is 0 Å². The van der Waals surface area contributed by atoms with Crippen molar-refractivity contribution in [3.05, 3.63) is 0 Å². The molecule has 15 heavy (non-hydrogen) atoms. The van der Waals surface area contributed by atoms with Gasteiger partial charge in [-0.15, -0.1) is 0 Å². The Kier molecular flexibility index (Phi) is 7.77. The molecule has 92 valence electrons. The van der Waals surface area contributed by atoms with E-state index in [1.165, 1.54) is 19.3 Å². The van der Waals surface area contributed by atoms with Crippen LogP contribution in [0.25, 0.3) is 0 Å². The number of halogens is 4. The third kappa shape index (κ3) is 13.7. The van der Waals surface area contributed by atoms with Gasteiger partial charge in [0, 0.05) is 13.1 Å². The molecule has 0 aromatic carbocycles. The molecular formula is C8H17BF4NO-. The second-order valence-corrected chi connectivity index (χ2v) is 3.33. The monoisotopic (exact) mass is 230 g/mol. The zero-order chi connectivity index (χ0) is 11.7. The molecule has 0 saturated carbocycles. The fourth-order valence-corrected chi connectivity index (χ4v) is 1.24. The van der Waals surface area contributed by atoms with Crippen LogP contribution in [0.4, 0.5) is 17.3 Å². The van der Waals surface area contributed by atoms with Crippen molar-refractivity contribution in [1.29, 1.82) is 0 Å². The molecule has 0 spiro atoms. The van der Waals surface area contributed by atoms with E-state index >= 15 is 0 Å². The average Bonchev–Trinajstić information content (AvgIpc) is 2.14. The third-order valence-electron chi connectivity index (χ3n) is 1.88. The van der Waals surface area contributed by atoms with Crippen LogP contribution >= 0.6 is 0 Å². The van der Waals surface area contributed by atoms with E-state index < -0.39 is 7.25 Å². The first-order valence-corrected chi connectivity index (χ1v) is 5.13. The molecule has 0 bridgehead atoms. The van der Waals surface area contributed by atoms with Crippen molar-refractivity contribution in [2.45, 2.75) is 32.3 Å². The molecule has 1 heterocycles. The van der Waals surface area contributed by atoms with Crippen LogP contribution in [0, 0.1) is 0 Å². The molecule has 0 aromatic heterocycles. The van der Waals surface area contributed by atoms with Crippen LogP contribution in [0.3, 0.4) is 0 Å². The Hall–Kier alpha value is -0.295. The van der Waals surface area contributed by atoms with Crippen molar-refractivity contribution < 1.29 is 22.0 Å². The summed E-state index contributed by atoms with van der Waals surface area (Å²) in [5.41, 5.74) is 0. The molecule has 1 rings (SSSR count). The maximum atomic E-state index is 9.75. The maximum Gasteiger partial charge on any atom is 0.673 e. The highest BCUT2D eigenvalue weighted by molar-refractivity contribution is 6.50. The van der Waals surface area contributed by atoms with Gasteiger partial charge < -0.3 is 27.3 Å². The number of rotatable bonds is 3. The van der Waals surface area contributed by atoms with E-state index in [0.717, 1.165) is 19.7 Å². The van der Waals surface area contributed by atoms with E-state index in [4.69, 9.17) is 4.74 Å². The minimum Gasteiger partial charge on any atom is -0.418 e. The summed E-state index contributed by atoms with van der Waals surface area (Å²) >= 11 is 0. The topological polar surface area (TPSA) is 21.3 Å². The summed E-state index contributed by atoms with van der Waals surface area (Å²) in [6.07, 6.45) is 4.30. The molecule has 1 atom stereocenters. The summed E-state index contributed by atoms with van der Waals surface area (Å²) in [7, 11) is -6.00. The van der Waals surface area contributed by atoms with Crippen molar-refractivity contribution in [3.63, 3.8) is 0 Å². The van der Waals surface area contributed by atoms with Crippen LogP contribution in [0.15, 0.2) is 0 Å². The number of ether oxygens (including phenoxy) is 1. The van der Waals surface area contributed by atoms with Gasteiger partial charge in [0.05, 0.1) is 12.7 Å². The lowest BCUT2D eigenvalue weighted by atomic mass is 10.1. The Balaban J connectivity index is 0.000000336. The van der Waals surface area contributed by atoms with E-state index in [-0.39, 0.29) is 0 Å². The fraction of sp³-hybridized carbons (Fsp3) is 1.00. The van der Waals surface area contributed by atoms with E-state index in [9.17, 15) is 17.3 Å². The largest absolute Gasteiger partial charge is 0.673 e. The lowest BCUT2D eigenvalue weighted by Gasteiger charge is -2.23. The van der Waals surface area contributed by atoms with Gasteiger partial charge in [0.2, 0.25) is 0 Å². The summed E-state index contributed by atoms with van der Waals surface area (Å²) in [5, 5.41) is 3.32. The van der Waals surface area contributed by atoms with Crippen LogP contribution in [0.2, 0.25) is 0 Å². The van der Waals surface area contributed by atoms with Crippen LogP contribution in [-0.4, -0.2) is 33.1 Å². The Morgan fingerprint density at radius 2 is 1.93 bits per heavy atom. The third-order valence-corrected chi connectivity index (χ3v) is 1.88. The van der Waals surface area contributed by atoms with Crippen LogP contribution in [0.1, 0.15) is 26.2 Å². The first-order valence-electron chi connectivity index (χ1n) is 5.13. The number of hydrogen-bond acceptors (Lipinski definition) is 2. The minimum atomic E-state index is -6.00. The highest BCUT2D eigenvalue weighted by atomic mass is 19.5. The quantitative estimate of drug-likeness (QED) is 0.593. The maximum absolute atomic E-state index is 9.75. The van der Waals surface area contributed by atoms with Gasteiger partial charge in [-0.05, 0) is 6.42 Å². The van der Waals surface area contributed by atoms with Crippen molar-refractivity contribution >= 4 is 7.25 Å². The Morgan fingerprint density at radius 3 is 2.33 bits per heavy atom. The second kappa shape index (κ2) is 7.93. The Bertz CT molecular complexity index is 144. The van der Waals surface area contributed by atoms with Gasteiger partial charge in [-0.2, -0.15) is 0 Å². The first-order chi connectivity index (χ1) is 6.93. The van der Waals surface area contributed by atoms with Crippen molar-refractivity contribution in [2.75, 3.05) is 19.7 Å². The SMILES string of the molecule is CCCCC1CNCCO1.F[B-](F)(F)F. The highest BCUT2D eigenvalue weighted by Gasteiger charge is 2.20. The predicted molar refractivity (Wildman–Crippen MR) is 52.3 cm³/mol. The second-order valence-electron chi connectivity index (χ2n) is 3.33. The van der Waals surface area contributed by atoms with Gasteiger partial charge in [-0.25, -0.2) is 0 Å². The zero-order valence-electron chi connectivity index (χ0n) is 8.82. The molecule has 0 radical (unpaired) electrons. The molecule has 1 unspecified atom stereocenters. The van der Waals surface area contributed by atoms with Gasteiger partial charge in [-0.1, -0.05) is 19.8 Å². The predicted octanol–water partition coefficient (Wildman–Crippen LogP) is 2.47. The van der Waals surface area contributed by atoms with E-state index in [1.54, 1.807) is 0 Å². The van der Waals surface area contributed by atoms with Crippen LogP contribution in [-0.2, 0) is 4.74 Å². The Labute approximate surface area is 87.5 Å². The lowest BCUT2D eigenvalue weighted by molar-refractivity contribution is 0.0223. The summed E-state index contributed by atoms with van der Waals surface area (Å²) < 4.78 is 44.5. The number of nitrogens with one attached hydrogen (secondary N) is 1. The molecule has 1 saturated heterocycles. The van der Waals surface area contributed by atoms with E-state index in [1.807, 2.05) is 0 Å². The van der Waals surface area contributed by atoms with Crippen molar-refractivity contribution in [1.82, 2.24) is 5.32 Å². The van der Waals surface area contributed by atoms with Gasteiger partial charge in [0.25, 0.3) is 0 Å². The molecule has 1 aliphatic rings. The number of hydrogen-bond donors (Lipinski definition) is 1. The molecular weight excluding hydrogens is 213 g/mol. The van der Waals surface area contributed by atoms with Crippen molar-refractivity contribution in [3.8, 4) is 0 Å². The molecule has 0 amide bonds. The summed E-state index contributed by atoms with van der Waals surface area (Å²) in [4.78, 5) is 0. The molecule has 0 aromatic rings. The van der Waals surface area contributed by atoms with Crippen molar-refractivity contribution in [2.24, 2.45) is 0 Å². The molecule has 7 heteroatoms. The molecule has 0 aliphatic carbocycles. The van der Waals surface area contributed by atoms with E-state index in [2.05, 4.69) is 12.2 Å². The standard InChI is InChI=1S/C8H17NO.BF4/c1-2-3-4-8-7-9-5-6-10-8;2-1(3,4)5/h8-9H,2-7H2,1H3;/q;-1. The zero-order valence-corrected chi connectivity index (χ0v) is 8.82. The summed E-state index contributed by atoms with van der Waals surface area (Å²) in [6, 6.07) is 0. The van der Waals surface area contributed by atoms with Gasteiger partial charge >= 0.3 is 7.25 Å². The van der Waals surface area contributed by atoms with Crippen LogP contribution < -0.4 is 5.32 Å². The van der Waals surface area contributed by atoms with Crippen LogP contribution in [0.5, 0.6) is 0 Å². The number of unbranched alkanes of at least 4 members (excludes halogenated alkanes) is 1. The Morgan fingerprint density at radius 1 is 1.33 bits per heavy atom. The number of morpholine rings is 1. The summed E-state index contributed by atoms with van der Waals surface area (Å²) in [6.45, 7) is 5.20. The molecule has 1 fully saturated rings. The highest BCUT2D eigenvalue weighted by Crippen LogP contribution is 2.06. The average molecular weight is 230 g/mol. The smallest absolute Gasteiger partial charge is 0.418 e. The first kappa shape index (κ1) is 14.7. The summed E-state index contributed by atoms with van der Waals surface area (Å²) in [5.74, 6) is 0. The molecule has 1 N–H and O–H groups in total. The van der Waals surface area contributed by atoms with E-state index in [0.29, 0.717) is 6.10 Å². The normalized spacial score (nSPS) is 21.8. The molecule has 2 nitrogen and oxygen atoms in total.